The zero-order valence-electron chi connectivity index (χ0n) is 12.9. The number of nitrogens with one attached hydrogen (secondary N) is 1. The van der Waals surface area contributed by atoms with Gasteiger partial charge in [0.25, 0.3) is 0 Å². The molecule has 0 aromatic carbocycles. The highest BCUT2D eigenvalue weighted by Crippen LogP contribution is 2.19. The molecule has 0 saturated carbocycles. The van der Waals surface area contributed by atoms with Crippen molar-refractivity contribution in [1.29, 1.82) is 0 Å². The quantitative estimate of drug-likeness (QED) is 0.846. The average Bonchev–Trinajstić information content (AvgIpc) is 2.96. The van der Waals surface area contributed by atoms with Gasteiger partial charge in [-0.1, -0.05) is 25.4 Å². The Morgan fingerprint density at radius 2 is 2.00 bits per heavy atom. The van der Waals surface area contributed by atoms with Crippen molar-refractivity contribution in [2.45, 2.75) is 45.2 Å². The van der Waals surface area contributed by atoms with Crippen molar-refractivity contribution in [2.24, 2.45) is 0 Å². The minimum atomic E-state index is 0.146. The second kappa shape index (κ2) is 7.57. The van der Waals surface area contributed by atoms with E-state index in [2.05, 4.69) is 41.1 Å². The van der Waals surface area contributed by atoms with E-state index in [0.717, 1.165) is 30.7 Å². The summed E-state index contributed by atoms with van der Waals surface area (Å²) in [4.78, 5) is 4.39. The van der Waals surface area contributed by atoms with Crippen molar-refractivity contribution >= 4 is 11.6 Å². The summed E-state index contributed by atoms with van der Waals surface area (Å²) < 4.78 is 2.08. The van der Waals surface area contributed by atoms with Gasteiger partial charge in [-0.3, -0.25) is 9.67 Å². The second-order valence-corrected chi connectivity index (χ2v) is 5.64. The van der Waals surface area contributed by atoms with E-state index in [-0.39, 0.29) is 6.04 Å². The Kier molecular flexibility index (Phi) is 5.76. The third kappa shape index (κ3) is 4.05. The van der Waals surface area contributed by atoms with Crippen molar-refractivity contribution in [1.82, 2.24) is 20.1 Å². The van der Waals surface area contributed by atoms with Crippen LogP contribution in [-0.4, -0.2) is 21.8 Å². The Morgan fingerprint density at radius 3 is 2.57 bits per heavy atom. The maximum Gasteiger partial charge on any atom is 0.0644 e. The first kappa shape index (κ1) is 16.0. The fourth-order valence-electron chi connectivity index (χ4n) is 2.51. The van der Waals surface area contributed by atoms with Gasteiger partial charge in [-0.25, -0.2) is 0 Å². The van der Waals surface area contributed by atoms with Crippen LogP contribution in [0.3, 0.4) is 0 Å². The fourth-order valence-corrected chi connectivity index (χ4v) is 2.62. The van der Waals surface area contributed by atoms with Crippen LogP contribution in [0.2, 0.25) is 5.02 Å². The van der Waals surface area contributed by atoms with Crippen LogP contribution < -0.4 is 5.32 Å². The molecular formula is C16H23ClN4. The Labute approximate surface area is 131 Å². The van der Waals surface area contributed by atoms with E-state index in [4.69, 9.17) is 16.7 Å². The van der Waals surface area contributed by atoms with Gasteiger partial charge in [-0.15, -0.1) is 0 Å². The number of aromatic nitrogens is 3. The van der Waals surface area contributed by atoms with Crippen LogP contribution in [0.4, 0.5) is 0 Å². The molecule has 21 heavy (non-hydrogen) atoms. The molecule has 0 radical (unpaired) electrons. The topological polar surface area (TPSA) is 42.7 Å². The number of hydrogen-bond acceptors (Lipinski definition) is 3. The molecule has 0 spiro atoms. The minimum absolute atomic E-state index is 0.146. The lowest BCUT2D eigenvalue weighted by Crippen LogP contribution is -2.20. The summed E-state index contributed by atoms with van der Waals surface area (Å²) in [5, 5.41) is 8.66. The molecule has 114 valence electrons. The molecule has 2 heterocycles. The molecule has 0 saturated heterocycles. The third-order valence-corrected chi connectivity index (χ3v) is 4.07. The average molecular weight is 307 g/mol. The van der Waals surface area contributed by atoms with Crippen LogP contribution in [-0.2, 0) is 6.42 Å². The van der Waals surface area contributed by atoms with E-state index in [1.54, 1.807) is 6.20 Å². The van der Waals surface area contributed by atoms with Gasteiger partial charge in [0, 0.05) is 18.8 Å². The van der Waals surface area contributed by atoms with E-state index in [9.17, 15) is 0 Å². The molecule has 0 bridgehead atoms. The molecule has 0 amide bonds. The van der Waals surface area contributed by atoms with Gasteiger partial charge < -0.3 is 5.32 Å². The summed E-state index contributed by atoms with van der Waals surface area (Å²) in [6.45, 7) is 4.40. The Hall–Kier alpha value is -1.39. The molecule has 0 fully saturated rings. The van der Waals surface area contributed by atoms with Gasteiger partial charge in [0.1, 0.15) is 0 Å². The maximum absolute atomic E-state index is 5.89. The van der Waals surface area contributed by atoms with Crippen molar-refractivity contribution in [3.8, 4) is 0 Å². The first-order valence-electron chi connectivity index (χ1n) is 7.50. The zero-order chi connectivity index (χ0) is 15.2. The summed E-state index contributed by atoms with van der Waals surface area (Å²) in [5.41, 5.74) is 2.07. The van der Waals surface area contributed by atoms with Gasteiger partial charge in [-0.05, 0) is 38.1 Å². The number of pyridine rings is 1. The van der Waals surface area contributed by atoms with E-state index in [1.807, 2.05) is 19.2 Å². The zero-order valence-corrected chi connectivity index (χ0v) is 13.6. The molecular weight excluding hydrogens is 284 g/mol. The number of likely N-dealkylation sites (N-methyl/N-ethyl adjacent to an activating group) is 1. The van der Waals surface area contributed by atoms with Gasteiger partial charge in [0.15, 0.2) is 0 Å². The molecule has 2 aromatic heterocycles. The Morgan fingerprint density at radius 1 is 1.24 bits per heavy atom. The number of hydrogen-bond donors (Lipinski definition) is 1. The largest absolute Gasteiger partial charge is 0.311 e. The van der Waals surface area contributed by atoms with Gasteiger partial charge >= 0.3 is 0 Å². The SMILES string of the molecule is CCC(CC)n1ccc(CC(NC)c2ccc(Cl)cn2)n1. The summed E-state index contributed by atoms with van der Waals surface area (Å²) >= 11 is 5.89. The molecule has 1 atom stereocenters. The standard InChI is InChI=1S/C16H23ClN4/c1-4-14(5-2)21-9-8-13(20-21)10-16(18-3)15-7-6-12(17)11-19-15/h6-9,11,14,16,18H,4-5,10H2,1-3H3. The molecule has 2 aromatic rings. The predicted octanol–water partition coefficient (Wildman–Crippen LogP) is 3.80. The van der Waals surface area contributed by atoms with E-state index in [1.165, 1.54) is 0 Å². The van der Waals surface area contributed by atoms with Crippen LogP contribution in [0.1, 0.15) is 50.2 Å². The molecule has 0 aliphatic carbocycles. The molecule has 4 nitrogen and oxygen atoms in total. The highest BCUT2D eigenvalue weighted by molar-refractivity contribution is 6.30. The molecule has 0 aliphatic rings. The summed E-state index contributed by atoms with van der Waals surface area (Å²) in [7, 11) is 1.94. The maximum atomic E-state index is 5.89. The monoisotopic (exact) mass is 306 g/mol. The molecule has 5 heteroatoms. The Balaban J connectivity index is 2.10. The normalized spacial score (nSPS) is 12.8. The Bertz CT molecular complexity index is 546. The van der Waals surface area contributed by atoms with E-state index >= 15 is 0 Å². The van der Waals surface area contributed by atoms with Crippen molar-refractivity contribution in [3.05, 3.63) is 47.0 Å². The van der Waals surface area contributed by atoms with Crippen LogP contribution >= 0.6 is 11.6 Å². The molecule has 1 unspecified atom stereocenters. The number of halogens is 1. The van der Waals surface area contributed by atoms with Crippen molar-refractivity contribution < 1.29 is 0 Å². The minimum Gasteiger partial charge on any atom is -0.311 e. The van der Waals surface area contributed by atoms with Crippen molar-refractivity contribution in [2.75, 3.05) is 7.05 Å². The first-order chi connectivity index (χ1) is 10.2. The highest BCUT2D eigenvalue weighted by atomic mass is 35.5. The second-order valence-electron chi connectivity index (χ2n) is 5.20. The molecule has 1 N–H and O–H groups in total. The van der Waals surface area contributed by atoms with E-state index in [0.29, 0.717) is 11.1 Å². The first-order valence-corrected chi connectivity index (χ1v) is 7.88. The van der Waals surface area contributed by atoms with Gasteiger partial charge in [-0.2, -0.15) is 5.10 Å². The van der Waals surface area contributed by atoms with Crippen LogP contribution in [0, 0.1) is 0 Å². The third-order valence-electron chi connectivity index (χ3n) is 3.85. The van der Waals surface area contributed by atoms with Gasteiger partial charge in [0.2, 0.25) is 0 Å². The summed E-state index contributed by atoms with van der Waals surface area (Å²) in [6.07, 6.45) is 6.79. The summed E-state index contributed by atoms with van der Waals surface area (Å²) in [5.74, 6) is 0. The van der Waals surface area contributed by atoms with E-state index < -0.39 is 0 Å². The van der Waals surface area contributed by atoms with Crippen LogP contribution in [0.5, 0.6) is 0 Å². The number of rotatable bonds is 7. The van der Waals surface area contributed by atoms with Crippen LogP contribution in [0.25, 0.3) is 0 Å². The smallest absolute Gasteiger partial charge is 0.0644 e. The number of nitrogens with zero attached hydrogens (tertiary/aromatic N) is 3. The van der Waals surface area contributed by atoms with Crippen LogP contribution in [0.15, 0.2) is 30.6 Å². The lowest BCUT2D eigenvalue weighted by atomic mass is 10.1. The van der Waals surface area contributed by atoms with Gasteiger partial charge in [0.05, 0.1) is 28.5 Å². The van der Waals surface area contributed by atoms with Crippen molar-refractivity contribution in [3.63, 3.8) is 0 Å². The summed E-state index contributed by atoms with van der Waals surface area (Å²) in [6, 6.07) is 6.56. The lowest BCUT2D eigenvalue weighted by Gasteiger charge is -2.15. The molecule has 2 rings (SSSR count). The highest BCUT2D eigenvalue weighted by Gasteiger charge is 2.14. The molecule has 0 aliphatic heterocycles. The predicted molar refractivity (Wildman–Crippen MR) is 86.6 cm³/mol. The fraction of sp³-hybridized carbons (Fsp3) is 0.500. The lowest BCUT2D eigenvalue weighted by molar-refractivity contribution is 0.423.